The summed E-state index contributed by atoms with van der Waals surface area (Å²) < 4.78 is 10.6. The molecular formula is C27H25Cl2NO4. The van der Waals surface area contributed by atoms with E-state index in [-0.39, 0.29) is 24.5 Å². The van der Waals surface area contributed by atoms with Gasteiger partial charge in [0.05, 0.1) is 16.1 Å². The fraction of sp³-hybridized carbons (Fsp3) is 0.259. The summed E-state index contributed by atoms with van der Waals surface area (Å²) in [5, 5.41) is 1.08. The molecule has 176 valence electrons. The number of amides is 1. The normalized spacial score (nSPS) is 16.9. The van der Waals surface area contributed by atoms with Crippen molar-refractivity contribution in [1.82, 2.24) is 4.90 Å². The fourth-order valence-electron chi connectivity index (χ4n) is 4.44. The van der Waals surface area contributed by atoms with Crippen molar-refractivity contribution in [2.45, 2.75) is 38.3 Å². The Morgan fingerprint density at radius 1 is 0.941 bits per heavy atom. The van der Waals surface area contributed by atoms with Crippen LogP contribution in [0.15, 0.2) is 66.7 Å². The lowest BCUT2D eigenvalue weighted by atomic mass is 9.76. The maximum Gasteiger partial charge on any atom is 0.410 e. The van der Waals surface area contributed by atoms with E-state index >= 15 is 0 Å². The van der Waals surface area contributed by atoms with Crippen molar-refractivity contribution in [1.29, 1.82) is 0 Å². The Balaban J connectivity index is 1.46. The second kappa shape index (κ2) is 10.5. The molecule has 0 heterocycles. The van der Waals surface area contributed by atoms with E-state index in [2.05, 4.69) is 12.1 Å². The molecule has 0 spiro atoms. The van der Waals surface area contributed by atoms with Gasteiger partial charge in [0.1, 0.15) is 12.4 Å². The maximum atomic E-state index is 12.9. The predicted molar refractivity (Wildman–Crippen MR) is 132 cm³/mol. The Kier molecular flexibility index (Phi) is 7.44. The van der Waals surface area contributed by atoms with Crippen LogP contribution < -0.4 is 4.74 Å². The van der Waals surface area contributed by atoms with Gasteiger partial charge in [-0.3, -0.25) is 4.79 Å². The van der Waals surface area contributed by atoms with Gasteiger partial charge < -0.3 is 14.4 Å². The van der Waals surface area contributed by atoms with Gasteiger partial charge in [-0.1, -0.05) is 65.7 Å². The van der Waals surface area contributed by atoms with Crippen molar-refractivity contribution in [3.8, 4) is 5.75 Å². The Morgan fingerprint density at radius 2 is 1.65 bits per heavy atom. The van der Waals surface area contributed by atoms with Crippen LogP contribution in [-0.2, 0) is 16.1 Å². The van der Waals surface area contributed by atoms with Gasteiger partial charge in [-0.2, -0.15) is 0 Å². The zero-order chi connectivity index (χ0) is 24.2. The van der Waals surface area contributed by atoms with Gasteiger partial charge in [-0.15, -0.1) is 0 Å². The third-order valence-electron chi connectivity index (χ3n) is 6.11. The summed E-state index contributed by atoms with van der Waals surface area (Å²) in [4.78, 5) is 25.6. The first-order valence-electron chi connectivity index (χ1n) is 11.0. The van der Waals surface area contributed by atoms with Crippen LogP contribution in [0.5, 0.6) is 5.75 Å². The minimum absolute atomic E-state index is 0.0888. The fourth-order valence-corrected chi connectivity index (χ4v) is 4.75. The van der Waals surface area contributed by atoms with Gasteiger partial charge in [0.25, 0.3) is 0 Å². The van der Waals surface area contributed by atoms with E-state index in [1.165, 1.54) is 12.5 Å². The average molecular weight is 498 g/mol. The molecule has 3 aromatic carbocycles. The summed E-state index contributed by atoms with van der Waals surface area (Å²) in [6, 6.07) is 20.8. The highest BCUT2D eigenvalue weighted by Gasteiger charge is 2.32. The Hall–Kier alpha value is -3.02. The van der Waals surface area contributed by atoms with Gasteiger partial charge in [0.15, 0.2) is 0 Å². The second-order valence-corrected chi connectivity index (χ2v) is 9.17. The highest BCUT2D eigenvalue weighted by molar-refractivity contribution is 6.42. The molecule has 0 fully saturated rings. The average Bonchev–Trinajstić information content (AvgIpc) is 2.83. The molecule has 1 aliphatic rings. The first-order chi connectivity index (χ1) is 16.3. The van der Waals surface area contributed by atoms with Crippen LogP contribution >= 0.6 is 23.2 Å². The summed E-state index contributed by atoms with van der Waals surface area (Å²) in [7, 11) is 1.77. The molecule has 0 saturated carbocycles. The van der Waals surface area contributed by atoms with E-state index in [0.717, 1.165) is 29.5 Å². The largest absolute Gasteiger partial charge is 0.445 e. The van der Waals surface area contributed by atoms with E-state index in [1.807, 2.05) is 30.3 Å². The number of nitrogens with zero attached hydrogens (tertiary/aromatic N) is 1. The summed E-state index contributed by atoms with van der Waals surface area (Å²) in [5.41, 5.74) is 4.21. The van der Waals surface area contributed by atoms with E-state index in [0.29, 0.717) is 15.8 Å². The molecule has 2 atom stereocenters. The Morgan fingerprint density at radius 3 is 2.32 bits per heavy atom. The SMILES string of the molecule is CC(=O)Oc1ccc(COC(=O)N(C)[C@H]2CC[C@@H](c3ccc(Cl)c(Cl)c3)c3ccccc32)cc1. The lowest BCUT2D eigenvalue weighted by Crippen LogP contribution is -2.34. The predicted octanol–water partition coefficient (Wildman–Crippen LogP) is 7.15. The second-order valence-electron chi connectivity index (χ2n) is 8.35. The standard InChI is InChI=1S/C27H25Cl2NO4/c1-17(31)34-20-10-7-18(8-11-20)16-33-27(32)30(2)26-14-12-21(22-5-3-4-6-23(22)26)19-9-13-24(28)25(29)15-19/h3-11,13,15,21,26H,12,14,16H2,1-2H3/t21-,26-/m0/s1. The zero-order valence-corrected chi connectivity index (χ0v) is 20.5. The number of hydrogen-bond acceptors (Lipinski definition) is 4. The molecule has 5 nitrogen and oxygen atoms in total. The number of carbonyl (C=O) groups is 2. The molecule has 1 amide bonds. The van der Waals surface area contributed by atoms with E-state index in [9.17, 15) is 9.59 Å². The quantitative estimate of drug-likeness (QED) is 0.277. The van der Waals surface area contributed by atoms with Crippen molar-refractivity contribution in [2.75, 3.05) is 7.05 Å². The number of benzene rings is 3. The summed E-state index contributed by atoms with van der Waals surface area (Å²) in [6.07, 6.45) is 1.27. The number of fused-ring (bicyclic) bond motifs is 1. The van der Waals surface area contributed by atoms with Crippen LogP contribution in [0, 0.1) is 0 Å². The molecule has 0 aliphatic heterocycles. The highest BCUT2D eigenvalue weighted by Crippen LogP contribution is 2.44. The molecule has 0 saturated heterocycles. The van der Waals surface area contributed by atoms with Crippen LogP contribution in [-0.4, -0.2) is 24.0 Å². The first kappa shape index (κ1) is 24.1. The molecule has 3 aromatic rings. The number of ether oxygens (including phenoxy) is 2. The molecule has 0 unspecified atom stereocenters. The first-order valence-corrected chi connectivity index (χ1v) is 11.8. The van der Waals surface area contributed by atoms with E-state index < -0.39 is 6.09 Å². The maximum absolute atomic E-state index is 12.9. The van der Waals surface area contributed by atoms with Crippen LogP contribution in [0.2, 0.25) is 10.0 Å². The van der Waals surface area contributed by atoms with Gasteiger partial charge >= 0.3 is 12.1 Å². The van der Waals surface area contributed by atoms with Crippen LogP contribution in [0.1, 0.15) is 54.0 Å². The molecular weight excluding hydrogens is 473 g/mol. The molecule has 0 radical (unpaired) electrons. The zero-order valence-electron chi connectivity index (χ0n) is 19.0. The molecule has 1 aliphatic carbocycles. The van der Waals surface area contributed by atoms with E-state index in [4.69, 9.17) is 32.7 Å². The van der Waals surface area contributed by atoms with Gasteiger partial charge in [0, 0.05) is 19.9 Å². The number of rotatable bonds is 5. The lowest BCUT2D eigenvalue weighted by molar-refractivity contribution is -0.131. The summed E-state index contributed by atoms with van der Waals surface area (Å²) >= 11 is 12.4. The van der Waals surface area contributed by atoms with Gasteiger partial charge in [-0.05, 0) is 59.4 Å². The molecule has 34 heavy (non-hydrogen) atoms. The Labute approximate surface area is 209 Å². The molecule has 0 N–H and O–H groups in total. The lowest BCUT2D eigenvalue weighted by Gasteiger charge is -2.36. The Bertz CT molecular complexity index is 1200. The van der Waals surface area contributed by atoms with Gasteiger partial charge in [-0.25, -0.2) is 4.79 Å². The minimum atomic E-state index is -0.392. The van der Waals surface area contributed by atoms with Crippen molar-refractivity contribution in [3.63, 3.8) is 0 Å². The molecule has 0 bridgehead atoms. The summed E-state index contributed by atoms with van der Waals surface area (Å²) in [5.74, 6) is 0.257. The van der Waals surface area contributed by atoms with Crippen molar-refractivity contribution < 1.29 is 19.1 Å². The van der Waals surface area contributed by atoms with E-state index in [1.54, 1.807) is 36.2 Å². The van der Waals surface area contributed by atoms with Crippen LogP contribution in [0.3, 0.4) is 0 Å². The molecule has 7 heteroatoms. The molecule has 4 rings (SSSR count). The highest BCUT2D eigenvalue weighted by atomic mass is 35.5. The van der Waals surface area contributed by atoms with Crippen molar-refractivity contribution in [3.05, 3.63) is 99.0 Å². The third kappa shape index (κ3) is 5.37. The number of carbonyl (C=O) groups excluding carboxylic acids is 2. The molecule has 0 aromatic heterocycles. The topological polar surface area (TPSA) is 55.8 Å². The van der Waals surface area contributed by atoms with Crippen molar-refractivity contribution >= 4 is 35.3 Å². The number of halogens is 2. The monoisotopic (exact) mass is 497 g/mol. The van der Waals surface area contributed by atoms with Gasteiger partial charge in [0.2, 0.25) is 0 Å². The number of hydrogen-bond donors (Lipinski definition) is 0. The smallest absolute Gasteiger partial charge is 0.410 e. The minimum Gasteiger partial charge on any atom is -0.445 e. The van der Waals surface area contributed by atoms with Crippen molar-refractivity contribution in [2.24, 2.45) is 0 Å². The van der Waals surface area contributed by atoms with Crippen LogP contribution in [0.25, 0.3) is 0 Å². The third-order valence-corrected chi connectivity index (χ3v) is 6.85. The van der Waals surface area contributed by atoms with Crippen LogP contribution in [0.4, 0.5) is 4.79 Å². The number of esters is 1. The summed E-state index contributed by atoms with van der Waals surface area (Å²) in [6.45, 7) is 1.48.